The maximum absolute atomic E-state index is 12.7. The Hall–Kier alpha value is -3.28. The number of nitro benzene ring substituents is 1. The average Bonchev–Trinajstić information content (AvgIpc) is 2.60. The van der Waals surface area contributed by atoms with Gasteiger partial charge in [0.1, 0.15) is 5.75 Å². The highest BCUT2D eigenvalue weighted by Crippen LogP contribution is 2.24. The number of nitro groups is 1. The molecule has 0 fully saturated rings. The highest BCUT2D eigenvalue weighted by atomic mass is 16.6. The molecule has 0 aliphatic rings. The van der Waals surface area contributed by atoms with Crippen molar-refractivity contribution in [3.8, 4) is 5.75 Å². The minimum Gasteiger partial charge on any atom is -0.497 e. The fourth-order valence-electron chi connectivity index (χ4n) is 2.34. The van der Waals surface area contributed by atoms with E-state index in [9.17, 15) is 14.9 Å². The molecule has 0 saturated heterocycles. The van der Waals surface area contributed by atoms with Crippen molar-refractivity contribution in [3.63, 3.8) is 0 Å². The highest BCUT2D eigenvalue weighted by Gasteiger charge is 2.15. The van der Waals surface area contributed by atoms with Crippen LogP contribution >= 0.6 is 0 Å². The van der Waals surface area contributed by atoms with Crippen LogP contribution in [0.1, 0.15) is 15.9 Å². The fourth-order valence-corrected chi connectivity index (χ4v) is 2.34. The monoisotopic (exact) mass is 308 g/mol. The number of carbonyl (C=O) groups is 1. The number of fused-ring (bicyclic) bond motifs is 1. The van der Waals surface area contributed by atoms with E-state index in [1.54, 1.807) is 37.6 Å². The second-order valence-corrected chi connectivity index (χ2v) is 4.87. The second-order valence-electron chi connectivity index (χ2n) is 4.87. The zero-order valence-electron chi connectivity index (χ0n) is 12.2. The molecule has 0 aliphatic carbocycles. The molecule has 0 N–H and O–H groups in total. The number of pyridine rings is 1. The number of hydrogen-bond donors (Lipinski definition) is 0. The lowest BCUT2D eigenvalue weighted by molar-refractivity contribution is -0.384. The van der Waals surface area contributed by atoms with Gasteiger partial charge < -0.3 is 4.74 Å². The molecule has 1 aromatic heterocycles. The van der Waals surface area contributed by atoms with Crippen LogP contribution in [-0.2, 0) is 0 Å². The Balaban J connectivity index is 2.05. The highest BCUT2D eigenvalue weighted by molar-refractivity contribution is 6.16. The predicted octanol–water partition coefficient (Wildman–Crippen LogP) is 3.38. The van der Waals surface area contributed by atoms with Gasteiger partial charge in [-0.1, -0.05) is 0 Å². The van der Waals surface area contributed by atoms with Gasteiger partial charge in [0.15, 0.2) is 5.78 Å². The first-order valence-electron chi connectivity index (χ1n) is 6.82. The maximum atomic E-state index is 12.7. The second kappa shape index (κ2) is 5.84. The molecule has 0 unspecified atom stereocenters. The van der Waals surface area contributed by atoms with Crippen LogP contribution in [0.3, 0.4) is 0 Å². The number of ketones is 1. The van der Waals surface area contributed by atoms with Crippen molar-refractivity contribution in [1.29, 1.82) is 0 Å². The minimum absolute atomic E-state index is 0.0501. The van der Waals surface area contributed by atoms with Crippen LogP contribution in [0.4, 0.5) is 5.69 Å². The predicted molar refractivity (Wildman–Crippen MR) is 84.8 cm³/mol. The van der Waals surface area contributed by atoms with Crippen molar-refractivity contribution in [2.75, 3.05) is 7.11 Å². The molecule has 6 nitrogen and oxygen atoms in total. The van der Waals surface area contributed by atoms with Gasteiger partial charge in [-0.05, 0) is 30.3 Å². The third-order valence-corrected chi connectivity index (χ3v) is 3.53. The van der Waals surface area contributed by atoms with Crippen LogP contribution in [0.5, 0.6) is 5.75 Å². The van der Waals surface area contributed by atoms with Gasteiger partial charge in [-0.2, -0.15) is 0 Å². The summed E-state index contributed by atoms with van der Waals surface area (Å²) in [5, 5.41) is 11.4. The summed E-state index contributed by atoms with van der Waals surface area (Å²) in [7, 11) is 1.56. The molecule has 0 amide bonds. The number of benzene rings is 2. The van der Waals surface area contributed by atoms with Gasteiger partial charge in [-0.25, -0.2) is 0 Å². The van der Waals surface area contributed by atoms with Crippen LogP contribution in [-0.4, -0.2) is 22.8 Å². The van der Waals surface area contributed by atoms with Gasteiger partial charge >= 0.3 is 0 Å². The van der Waals surface area contributed by atoms with Gasteiger partial charge in [0.05, 0.1) is 17.5 Å². The van der Waals surface area contributed by atoms with E-state index >= 15 is 0 Å². The van der Waals surface area contributed by atoms with E-state index in [1.165, 1.54) is 24.3 Å². The van der Waals surface area contributed by atoms with Crippen LogP contribution in [0.25, 0.3) is 10.9 Å². The molecule has 2 aromatic carbocycles. The molecule has 0 saturated carbocycles. The number of ether oxygens (including phenoxy) is 1. The van der Waals surface area contributed by atoms with E-state index in [-0.39, 0.29) is 11.5 Å². The van der Waals surface area contributed by atoms with Gasteiger partial charge in [0, 0.05) is 40.9 Å². The summed E-state index contributed by atoms with van der Waals surface area (Å²) in [6, 6.07) is 12.5. The van der Waals surface area contributed by atoms with E-state index in [1.807, 2.05) is 0 Å². The first kappa shape index (κ1) is 14.6. The molecule has 0 bridgehead atoms. The molecule has 6 heteroatoms. The van der Waals surface area contributed by atoms with Gasteiger partial charge in [0.2, 0.25) is 0 Å². The Morgan fingerprint density at radius 1 is 1.13 bits per heavy atom. The lowest BCUT2D eigenvalue weighted by Crippen LogP contribution is -2.03. The number of methoxy groups -OCH3 is 1. The summed E-state index contributed by atoms with van der Waals surface area (Å²) < 4.78 is 5.15. The number of carbonyl (C=O) groups excluding carboxylic acids is 1. The Labute approximate surface area is 131 Å². The summed E-state index contributed by atoms with van der Waals surface area (Å²) in [5.74, 6) is 0.447. The van der Waals surface area contributed by atoms with E-state index < -0.39 is 4.92 Å². The number of non-ortho nitro benzene ring substituents is 1. The fraction of sp³-hybridized carbons (Fsp3) is 0.0588. The summed E-state index contributed by atoms with van der Waals surface area (Å²) >= 11 is 0. The van der Waals surface area contributed by atoms with Gasteiger partial charge in [0.25, 0.3) is 5.69 Å². The quantitative estimate of drug-likeness (QED) is 0.419. The molecule has 0 aliphatic heterocycles. The third kappa shape index (κ3) is 2.74. The largest absolute Gasteiger partial charge is 0.497 e. The summed E-state index contributed by atoms with van der Waals surface area (Å²) in [4.78, 5) is 27.1. The maximum Gasteiger partial charge on any atom is 0.269 e. The normalized spacial score (nSPS) is 10.5. The van der Waals surface area contributed by atoms with Crippen LogP contribution in [0.15, 0.2) is 54.7 Å². The van der Waals surface area contributed by atoms with Gasteiger partial charge in [-0.3, -0.25) is 19.9 Å². The zero-order valence-corrected chi connectivity index (χ0v) is 12.2. The Morgan fingerprint density at radius 3 is 2.52 bits per heavy atom. The van der Waals surface area contributed by atoms with Crippen molar-refractivity contribution in [2.45, 2.75) is 0 Å². The van der Waals surface area contributed by atoms with Crippen molar-refractivity contribution < 1.29 is 14.5 Å². The average molecular weight is 308 g/mol. The van der Waals surface area contributed by atoms with Crippen LogP contribution in [0.2, 0.25) is 0 Å². The molecular weight excluding hydrogens is 296 g/mol. The first-order valence-corrected chi connectivity index (χ1v) is 6.82. The molecule has 3 aromatic rings. The first-order chi connectivity index (χ1) is 11.1. The number of aromatic nitrogens is 1. The summed E-state index contributed by atoms with van der Waals surface area (Å²) in [6.45, 7) is 0. The molecule has 114 valence electrons. The molecule has 3 rings (SSSR count). The Kier molecular flexibility index (Phi) is 3.72. The standard InChI is InChI=1S/C17H12N2O4/c1-23-13-6-7-14-15(8-9-18-16(14)10-13)17(20)11-2-4-12(5-3-11)19(21)22/h2-10H,1H3. The van der Waals surface area contributed by atoms with E-state index in [0.29, 0.717) is 27.8 Å². The molecule has 0 radical (unpaired) electrons. The van der Waals surface area contributed by atoms with Gasteiger partial charge in [-0.15, -0.1) is 0 Å². The van der Waals surface area contributed by atoms with Crippen molar-refractivity contribution in [1.82, 2.24) is 4.98 Å². The number of nitrogens with zero attached hydrogens (tertiary/aromatic N) is 2. The molecular formula is C17H12N2O4. The zero-order chi connectivity index (χ0) is 16.4. The Morgan fingerprint density at radius 2 is 1.87 bits per heavy atom. The number of hydrogen-bond acceptors (Lipinski definition) is 5. The topological polar surface area (TPSA) is 82.3 Å². The van der Waals surface area contributed by atoms with E-state index in [4.69, 9.17) is 4.74 Å². The third-order valence-electron chi connectivity index (χ3n) is 3.53. The molecule has 0 spiro atoms. The molecule has 23 heavy (non-hydrogen) atoms. The molecule has 0 atom stereocenters. The lowest BCUT2D eigenvalue weighted by Gasteiger charge is -2.07. The number of rotatable bonds is 4. The lowest BCUT2D eigenvalue weighted by atomic mass is 9.99. The van der Waals surface area contributed by atoms with E-state index in [0.717, 1.165) is 0 Å². The summed E-state index contributed by atoms with van der Waals surface area (Å²) in [6.07, 6.45) is 1.56. The Bertz CT molecular complexity index is 904. The van der Waals surface area contributed by atoms with E-state index in [2.05, 4.69) is 4.98 Å². The van der Waals surface area contributed by atoms with Crippen LogP contribution in [0, 0.1) is 10.1 Å². The van der Waals surface area contributed by atoms with Crippen molar-refractivity contribution >= 4 is 22.4 Å². The smallest absolute Gasteiger partial charge is 0.269 e. The minimum atomic E-state index is -0.498. The summed E-state index contributed by atoms with van der Waals surface area (Å²) in [5.41, 5.74) is 1.48. The van der Waals surface area contributed by atoms with Crippen molar-refractivity contribution in [2.24, 2.45) is 0 Å². The SMILES string of the molecule is COc1ccc2c(C(=O)c3ccc([N+](=O)[O-])cc3)ccnc2c1. The van der Waals surface area contributed by atoms with Crippen LogP contribution < -0.4 is 4.74 Å². The van der Waals surface area contributed by atoms with Crippen molar-refractivity contribution in [3.05, 3.63) is 76.0 Å². The molecule has 1 heterocycles.